The Morgan fingerprint density at radius 1 is 0.629 bits per heavy atom. The van der Waals surface area contributed by atoms with Gasteiger partial charge in [-0.15, -0.1) is 24.0 Å². The maximum absolute atomic E-state index is 12.6. The normalized spacial score (nSPS) is 12.8. The molecular formula is C33H26N6O18S5. The van der Waals surface area contributed by atoms with E-state index >= 15 is 0 Å². The minimum absolute atomic E-state index is 0.0227. The highest BCUT2D eigenvalue weighted by Gasteiger charge is 2.24. The molecule has 6 aromatic carbocycles. The van der Waals surface area contributed by atoms with E-state index in [1.165, 1.54) is 44.6 Å². The average molecular weight is 955 g/mol. The van der Waals surface area contributed by atoms with Crippen molar-refractivity contribution >= 4 is 127 Å². The summed E-state index contributed by atoms with van der Waals surface area (Å²) in [6.07, 6.45) is 0.916. The van der Waals surface area contributed by atoms with Crippen molar-refractivity contribution in [2.75, 3.05) is 20.0 Å². The summed E-state index contributed by atoms with van der Waals surface area (Å²) in [4.78, 5) is 1.75. The fraction of sp³-hybridized carbons (Fsp3) is 0.0606. The molecular weight excluding hydrogens is 929 g/mol. The summed E-state index contributed by atoms with van der Waals surface area (Å²) >= 11 is 0.868. The predicted molar refractivity (Wildman–Crippen MR) is 219 cm³/mol. The van der Waals surface area contributed by atoms with Gasteiger partial charge in [0.25, 0.3) is 30.4 Å². The Kier molecular flexibility index (Phi) is 13.6. The molecule has 0 fully saturated rings. The Labute approximate surface area is 356 Å². The number of aliphatic imine (C=N–C) groups is 1. The molecule has 326 valence electrons. The third-order valence-electron chi connectivity index (χ3n) is 8.37. The number of anilines is 1. The number of fused-ring (bicyclic) bond motifs is 3. The van der Waals surface area contributed by atoms with Crippen LogP contribution in [0.25, 0.3) is 32.3 Å². The van der Waals surface area contributed by atoms with E-state index in [0.29, 0.717) is 24.1 Å². The van der Waals surface area contributed by atoms with Crippen LogP contribution in [0.2, 0.25) is 0 Å². The van der Waals surface area contributed by atoms with Crippen LogP contribution >= 0.6 is 24.1 Å². The van der Waals surface area contributed by atoms with Gasteiger partial charge in [-0.3, -0.25) is 13.7 Å². The molecule has 0 unspecified atom stereocenters. The predicted octanol–water partition coefficient (Wildman–Crippen LogP) is 8.18. The van der Waals surface area contributed by atoms with Crippen LogP contribution in [-0.2, 0) is 53.8 Å². The van der Waals surface area contributed by atoms with E-state index in [1.807, 2.05) is 0 Å². The molecule has 6 aromatic rings. The van der Waals surface area contributed by atoms with Gasteiger partial charge in [-0.05, 0) is 60.0 Å². The summed E-state index contributed by atoms with van der Waals surface area (Å²) in [5.74, 6) is -0.667. The number of ether oxygens (including phenoxy) is 2. The van der Waals surface area contributed by atoms with Gasteiger partial charge in [0.05, 0.1) is 66.0 Å². The summed E-state index contributed by atoms with van der Waals surface area (Å²) in [6, 6.07) is 13.0. The second-order valence-electron chi connectivity index (χ2n) is 12.1. The van der Waals surface area contributed by atoms with Crippen LogP contribution in [0.5, 0.6) is 11.5 Å². The topological polar surface area (TPSA) is 367 Å². The number of methoxy groups -OCH3 is 2. The second kappa shape index (κ2) is 18.4. The minimum atomic E-state index is -5.10. The number of nitrogens with zero attached hydrogens (tertiary/aromatic N) is 5. The molecule has 0 amide bonds. The van der Waals surface area contributed by atoms with Crippen molar-refractivity contribution < 1.29 is 82.8 Å². The average Bonchev–Trinajstić information content (AvgIpc) is 3.21. The highest BCUT2D eigenvalue weighted by atomic mass is 32.2. The van der Waals surface area contributed by atoms with Gasteiger partial charge in [-0.25, -0.2) is 15.5 Å². The first-order valence-electron chi connectivity index (χ1n) is 16.3. The van der Waals surface area contributed by atoms with Gasteiger partial charge in [0.15, 0.2) is 12.2 Å². The molecule has 62 heavy (non-hydrogen) atoms. The highest BCUT2D eigenvalue weighted by Crippen LogP contribution is 2.48. The van der Waals surface area contributed by atoms with Crippen LogP contribution in [-0.4, -0.2) is 75.2 Å². The smallest absolute Gasteiger partial charge is 0.296 e. The number of benzene rings is 6. The van der Waals surface area contributed by atoms with E-state index in [-0.39, 0.29) is 70.9 Å². The van der Waals surface area contributed by atoms with Gasteiger partial charge < -0.3 is 20.3 Å². The number of nitrogen functional groups attached to an aromatic ring is 1. The largest absolute Gasteiger partial charge is 0.505 e. The van der Waals surface area contributed by atoms with E-state index in [4.69, 9.17) is 25.7 Å². The standard InChI is InChI=1S/C33H26N6O18S5/c1-52-14-35-16-7-22-23(28(9-16)60(43,44)45)8-17(10-29(22)61(46,47)48)36-37-25-13-26(53-2)31(19-4-3-18(11-21(19)25)58-56-54-41)38-39-32-27(59-57-55-42)5-15-6-30(62(49,50)51)24(34)12-20(15)33(32)40/h3-14,40-42H,34H2,1-2H3,(H,43,44,45)(H,46,47,48)(H,49,50,51). The minimum Gasteiger partial charge on any atom is -0.505 e. The first-order chi connectivity index (χ1) is 29.3. The van der Waals surface area contributed by atoms with Crippen LogP contribution in [0.4, 0.5) is 34.1 Å². The summed E-state index contributed by atoms with van der Waals surface area (Å²) < 4.78 is 123. The van der Waals surface area contributed by atoms with Gasteiger partial charge in [0, 0.05) is 37.9 Å². The number of nitrogens with two attached hydrogens (primary N) is 1. The number of aromatic hydroxyl groups is 1. The van der Waals surface area contributed by atoms with Crippen molar-refractivity contribution in [3.8, 4) is 11.5 Å². The Balaban J connectivity index is 1.56. The third-order valence-corrected chi connectivity index (χ3v) is 12.3. The number of azo groups is 2. The zero-order valence-electron chi connectivity index (χ0n) is 30.9. The van der Waals surface area contributed by atoms with E-state index in [1.54, 1.807) is 0 Å². The lowest BCUT2D eigenvalue weighted by atomic mass is 10.1. The van der Waals surface area contributed by atoms with Crippen molar-refractivity contribution in [3.63, 3.8) is 0 Å². The van der Waals surface area contributed by atoms with Crippen molar-refractivity contribution in [1.29, 1.82) is 0 Å². The lowest BCUT2D eigenvalue weighted by Crippen LogP contribution is -2.03. The molecule has 0 heterocycles. The molecule has 0 atom stereocenters. The van der Waals surface area contributed by atoms with Gasteiger partial charge in [0.1, 0.15) is 31.8 Å². The lowest BCUT2D eigenvalue weighted by molar-refractivity contribution is -0.432. The monoisotopic (exact) mass is 954 g/mol. The molecule has 24 nitrogen and oxygen atoms in total. The molecule has 0 saturated carbocycles. The molecule has 29 heteroatoms. The number of hydrogen-bond donors (Lipinski definition) is 7. The summed E-state index contributed by atoms with van der Waals surface area (Å²) in [6.45, 7) is 0. The first-order valence-corrected chi connectivity index (χ1v) is 22.1. The SMILES string of the molecule is COC=Nc1cc(S(=O)(=O)O)c2cc(N=Nc3cc(OC)c(N=Nc4c(SOOO)cc5cc(S(=O)(=O)O)c(N)cc5c4O)c4ccc(SOOO)cc34)cc(S(=O)(=O)O)c2c1. The van der Waals surface area contributed by atoms with Crippen LogP contribution in [0.15, 0.2) is 117 Å². The second-order valence-corrected chi connectivity index (χ2v) is 17.8. The number of hydrogen-bond acceptors (Lipinski definition) is 23. The Hall–Kier alpha value is -5.64. The van der Waals surface area contributed by atoms with Gasteiger partial charge >= 0.3 is 0 Å². The fourth-order valence-electron chi connectivity index (χ4n) is 5.87. The van der Waals surface area contributed by atoms with Crippen LogP contribution in [0.3, 0.4) is 0 Å². The first kappa shape index (κ1) is 45.9. The van der Waals surface area contributed by atoms with E-state index in [2.05, 4.69) is 44.2 Å². The van der Waals surface area contributed by atoms with Crippen molar-refractivity contribution in [2.45, 2.75) is 24.5 Å². The molecule has 0 aliphatic rings. The van der Waals surface area contributed by atoms with E-state index < -0.39 is 61.9 Å². The molecule has 0 aliphatic carbocycles. The van der Waals surface area contributed by atoms with E-state index in [0.717, 1.165) is 42.8 Å². The summed E-state index contributed by atoms with van der Waals surface area (Å²) in [5.41, 5.74) is 4.55. The van der Waals surface area contributed by atoms with Crippen molar-refractivity contribution in [2.24, 2.45) is 25.4 Å². The fourth-order valence-corrected chi connectivity index (χ4v) is 8.83. The van der Waals surface area contributed by atoms with Crippen LogP contribution < -0.4 is 10.5 Å². The molecule has 0 bridgehead atoms. The van der Waals surface area contributed by atoms with Crippen molar-refractivity contribution in [1.82, 2.24) is 0 Å². The molecule has 0 saturated heterocycles. The number of phenols is 1. The highest BCUT2D eigenvalue weighted by molar-refractivity contribution is 7.95. The quantitative estimate of drug-likeness (QED) is 0.00702. The van der Waals surface area contributed by atoms with Gasteiger partial charge in [0.2, 0.25) is 0 Å². The van der Waals surface area contributed by atoms with Gasteiger partial charge in [-0.1, -0.05) is 16.1 Å². The van der Waals surface area contributed by atoms with Crippen LogP contribution in [0, 0.1) is 0 Å². The Bertz CT molecular complexity index is 3210. The maximum atomic E-state index is 12.6. The van der Waals surface area contributed by atoms with Gasteiger partial charge in [-0.2, -0.15) is 30.4 Å². The maximum Gasteiger partial charge on any atom is 0.296 e. The Morgan fingerprint density at radius 2 is 1.24 bits per heavy atom. The molecule has 0 radical (unpaired) electrons. The van der Waals surface area contributed by atoms with Crippen molar-refractivity contribution in [3.05, 3.63) is 66.7 Å². The molecule has 0 aromatic heterocycles. The number of phenolic OH excluding ortho intramolecular Hbond substituents is 1. The summed E-state index contributed by atoms with van der Waals surface area (Å²) in [5, 5.41) is 52.8. The van der Waals surface area contributed by atoms with E-state index in [9.17, 15) is 44.0 Å². The number of rotatable bonds is 16. The van der Waals surface area contributed by atoms with Crippen LogP contribution in [0.1, 0.15) is 0 Å². The third kappa shape index (κ3) is 9.85. The Morgan fingerprint density at radius 3 is 1.85 bits per heavy atom. The molecule has 0 aliphatic heterocycles. The molecule has 8 N–H and O–H groups in total. The molecule has 0 spiro atoms. The zero-order valence-corrected chi connectivity index (χ0v) is 34.9. The summed E-state index contributed by atoms with van der Waals surface area (Å²) in [7, 11) is -12.5. The zero-order chi connectivity index (χ0) is 45.1. The lowest BCUT2D eigenvalue weighted by Gasteiger charge is -2.13. The molecule has 6 rings (SSSR count).